The topological polar surface area (TPSA) is 56.7 Å². The number of aliphatic imine (C=N–C) groups is 1. The highest BCUT2D eigenvalue weighted by molar-refractivity contribution is 14.0. The van der Waals surface area contributed by atoms with Crippen LogP contribution < -0.4 is 10.6 Å². The molecule has 0 aliphatic carbocycles. The number of amides is 1. The Bertz CT molecular complexity index is 589. The molecule has 2 rings (SSSR count). The molecule has 1 aromatic rings. The van der Waals surface area contributed by atoms with Gasteiger partial charge in [-0.2, -0.15) is 0 Å². The number of benzene rings is 1. The van der Waals surface area contributed by atoms with Crippen molar-refractivity contribution in [2.75, 3.05) is 33.2 Å². The number of nitrogens with one attached hydrogen (secondary N) is 2. The molecule has 1 saturated heterocycles. The fourth-order valence-corrected chi connectivity index (χ4v) is 3.02. The fraction of sp³-hybridized carbons (Fsp3) is 0.500. The van der Waals surface area contributed by atoms with E-state index in [4.69, 9.17) is 0 Å². The van der Waals surface area contributed by atoms with Gasteiger partial charge in [0, 0.05) is 45.6 Å². The van der Waals surface area contributed by atoms with Crippen LogP contribution in [-0.2, 0) is 11.2 Å². The van der Waals surface area contributed by atoms with E-state index in [1.54, 1.807) is 7.05 Å². The summed E-state index contributed by atoms with van der Waals surface area (Å²) in [6.07, 6.45) is 6.69. The second-order valence-electron chi connectivity index (χ2n) is 6.38. The van der Waals surface area contributed by atoms with E-state index in [1.807, 2.05) is 36.1 Å². The fourth-order valence-electron chi connectivity index (χ4n) is 3.02. The van der Waals surface area contributed by atoms with Gasteiger partial charge in [0.25, 0.3) is 0 Å². The lowest BCUT2D eigenvalue weighted by Crippen LogP contribution is -2.40. The Labute approximate surface area is 174 Å². The first kappa shape index (κ1) is 22.5. The molecule has 0 saturated carbocycles. The predicted octanol–water partition coefficient (Wildman–Crippen LogP) is 2.83. The summed E-state index contributed by atoms with van der Waals surface area (Å²) in [5.41, 5.74) is 1.28. The van der Waals surface area contributed by atoms with Crippen LogP contribution >= 0.6 is 24.0 Å². The maximum atomic E-state index is 12.2. The number of hydrogen-bond acceptors (Lipinski definition) is 2. The van der Waals surface area contributed by atoms with Gasteiger partial charge in [0.15, 0.2) is 5.96 Å². The Morgan fingerprint density at radius 3 is 2.77 bits per heavy atom. The molecule has 0 radical (unpaired) electrons. The average Bonchev–Trinajstić information content (AvgIpc) is 3.00. The van der Waals surface area contributed by atoms with E-state index in [1.165, 1.54) is 5.56 Å². The first-order valence-electron chi connectivity index (χ1n) is 9.10. The molecule has 0 bridgehead atoms. The van der Waals surface area contributed by atoms with E-state index in [-0.39, 0.29) is 29.9 Å². The van der Waals surface area contributed by atoms with Crippen LogP contribution in [0.5, 0.6) is 0 Å². The molecule has 1 aliphatic rings. The molecule has 1 amide bonds. The van der Waals surface area contributed by atoms with Crippen molar-refractivity contribution in [2.45, 2.75) is 26.2 Å². The van der Waals surface area contributed by atoms with Gasteiger partial charge >= 0.3 is 0 Å². The van der Waals surface area contributed by atoms with Crippen LogP contribution in [0.25, 0.3) is 0 Å². The third kappa shape index (κ3) is 7.76. The Morgan fingerprint density at radius 1 is 1.31 bits per heavy atom. The minimum absolute atomic E-state index is 0. The summed E-state index contributed by atoms with van der Waals surface area (Å²) in [7, 11) is 1.77. The van der Waals surface area contributed by atoms with Crippen molar-refractivity contribution in [1.82, 2.24) is 15.5 Å². The molecular formula is C20H31IN4O. The molecule has 0 aromatic heterocycles. The van der Waals surface area contributed by atoms with E-state index in [0.29, 0.717) is 12.3 Å². The van der Waals surface area contributed by atoms with Gasteiger partial charge in [0.05, 0.1) is 0 Å². The molecule has 5 nitrogen and oxygen atoms in total. The number of allylic oxidation sites excluding steroid dienone is 1. The number of halogens is 1. The number of rotatable bonds is 8. The van der Waals surface area contributed by atoms with Crippen molar-refractivity contribution in [3.8, 4) is 0 Å². The second-order valence-corrected chi connectivity index (χ2v) is 6.38. The highest BCUT2D eigenvalue weighted by atomic mass is 127. The van der Waals surface area contributed by atoms with Gasteiger partial charge in [-0.25, -0.2) is 0 Å². The summed E-state index contributed by atoms with van der Waals surface area (Å²) < 4.78 is 0. The van der Waals surface area contributed by atoms with Gasteiger partial charge in [0.1, 0.15) is 0 Å². The van der Waals surface area contributed by atoms with Gasteiger partial charge < -0.3 is 15.5 Å². The zero-order chi connectivity index (χ0) is 17.9. The van der Waals surface area contributed by atoms with Crippen LogP contribution in [0.3, 0.4) is 0 Å². The molecule has 0 spiro atoms. The molecule has 1 heterocycles. The maximum Gasteiger partial charge on any atom is 0.223 e. The van der Waals surface area contributed by atoms with E-state index < -0.39 is 0 Å². The summed E-state index contributed by atoms with van der Waals surface area (Å²) in [4.78, 5) is 18.4. The summed E-state index contributed by atoms with van der Waals surface area (Å²) in [6.45, 7) is 5.28. The SMILES string of the molecule is C/C=C/CCNC(=NC)NCC1CC(=O)N(CCc2ccccc2)C1.I. The molecule has 144 valence electrons. The first-order valence-corrected chi connectivity index (χ1v) is 9.10. The van der Waals surface area contributed by atoms with E-state index in [2.05, 4.69) is 33.8 Å². The predicted molar refractivity (Wildman–Crippen MR) is 119 cm³/mol. The quantitative estimate of drug-likeness (QED) is 0.202. The van der Waals surface area contributed by atoms with Crippen molar-refractivity contribution in [3.05, 3.63) is 48.0 Å². The van der Waals surface area contributed by atoms with Crippen molar-refractivity contribution in [3.63, 3.8) is 0 Å². The summed E-state index contributed by atoms with van der Waals surface area (Å²) in [5, 5.41) is 6.63. The van der Waals surface area contributed by atoms with E-state index >= 15 is 0 Å². The second kappa shape index (κ2) is 12.7. The number of carbonyl (C=O) groups is 1. The van der Waals surface area contributed by atoms with Crippen LogP contribution in [0.1, 0.15) is 25.3 Å². The summed E-state index contributed by atoms with van der Waals surface area (Å²) in [6, 6.07) is 10.3. The van der Waals surface area contributed by atoms with Crippen molar-refractivity contribution >= 4 is 35.8 Å². The Morgan fingerprint density at radius 2 is 2.08 bits per heavy atom. The third-order valence-electron chi connectivity index (χ3n) is 4.43. The van der Waals surface area contributed by atoms with Crippen molar-refractivity contribution in [1.29, 1.82) is 0 Å². The first-order chi connectivity index (χ1) is 12.2. The smallest absolute Gasteiger partial charge is 0.223 e. The standard InChI is InChI=1S/C20H30N4O.HI/c1-3-4-8-12-22-20(21-2)23-15-18-14-19(25)24(16-18)13-11-17-9-6-5-7-10-17;/h3-7,9-10,18H,8,11-16H2,1-2H3,(H2,21,22,23);1H/b4-3+;. The van der Waals surface area contributed by atoms with E-state index in [9.17, 15) is 4.79 Å². The van der Waals surface area contributed by atoms with Gasteiger partial charge in [-0.3, -0.25) is 9.79 Å². The minimum atomic E-state index is 0. The lowest BCUT2D eigenvalue weighted by molar-refractivity contribution is -0.127. The van der Waals surface area contributed by atoms with Gasteiger partial charge in [-0.05, 0) is 25.3 Å². The van der Waals surface area contributed by atoms with Gasteiger partial charge in [-0.15, -0.1) is 24.0 Å². The van der Waals surface area contributed by atoms with Crippen LogP contribution in [0.4, 0.5) is 0 Å². The number of carbonyl (C=O) groups excluding carboxylic acids is 1. The van der Waals surface area contributed by atoms with Crippen LogP contribution in [0.2, 0.25) is 0 Å². The third-order valence-corrected chi connectivity index (χ3v) is 4.43. The molecule has 2 N–H and O–H groups in total. The highest BCUT2D eigenvalue weighted by Gasteiger charge is 2.29. The zero-order valence-electron chi connectivity index (χ0n) is 15.8. The molecule has 1 aromatic carbocycles. The number of nitrogens with zero attached hydrogens (tertiary/aromatic N) is 2. The average molecular weight is 470 g/mol. The molecular weight excluding hydrogens is 439 g/mol. The Balaban J connectivity index is 0.00000338. The van der Waals surface area contributed by atoms with Crippen LogP contribution in [-0.4, -0.2) is 50.0 Å². The van der Waals surface area contributed by atoms with Gasteiger partial charge in [0.2, 0.25) is 5.91 Å². The lowest BCUT2D eigenvalue weighted by Gasteiger charge is -2.17. The monoisotopic (exact) mass is 470 g/mol. The van der Waals surface area contributed by atoms with E-state index in [0.717, 1.165) is 45.0 Å². The number of guanidine groups is 1. The largest absolute Gasteiger partial charge is 0.356 e. The lowest BCUT2D eigenvalue weighted by atomic mass is 10.1. The molecule has 1 aliphatic heterocycles. The Hall–Kier alpha value is -1.57. The molecule has 26 heavy (non-hydrogen) atoms. The number of hydrogen-bond donors (Lipinski definition) is 2. The van der Waals surface area contributed by atoms with Crippen LogP contribution in [0, 0.1) is 5.92 Å². The van der Waals surface area contributed by atoms with Crippen LogP contribution in [0.15, 0.2) is 47.5 Å². The maximum absolute atomic E-state index is 12.2. The normalized spacial score (nSPS) is 17.5. The Kier molecular flexibility index (Phi) is 11.0. The summed E-state index contributed by atoms with van der Waals surface area (Å²) >= 11 is 0. The highest BCUT2D eigenvalue weighted by Crippen LogP contribution is 2.17. The molecule has 1 unspecified atom stereocenters. The zero-order valence-corrected chi connectivity index (χ0v) is 18.1. The number of likely N-dealkylation sites (tertiary alicyclic amines) is 1. The van der Waals surface area contributed by atoms with Crippen molar-refractivity contribution < 1.29 is 4.79 Å². The van der Waals surface area contributed by atoms with Gasteiger partial charge in [-0.1, -0.05) is 42.5 Å². The van der Waals surface area contributed by atoms with Crippen molar-refractivity contribution in [2.24, 2.45) is 10.9 Å². The minimum Gasteiger partial charge on any atom is -0.356 e. The molecule has 1 fully saturated rings. The molecule has 1 atom stereocenters. The molecule has 6 heteroatoms. The summed E-state index contributed by atoms with van der Waals surface area (Å²) in [5.74, 6) is 1.41.